The molecule has 0 saturated carbocycles. The van der Waals surface area contributed by atoms with Gasteiger partial charge < -0.3 is 10.1 Å². The highest BCUT2D eigenvalue weighted by atomic mass is 19.1. The lowest BCUT2D eigenvalue weighted by Gasteiger charge is -2.12. The minimum absolute atomic E-state index is 0.227. The highest BCUT2D eigenvalue weighted by Crippen LogP contribution is 2.19. The summed E-state index contributed by atoms with van der Waals surface area (Å²) in [6, 6.07) is 14.4. The lowest BCUT2D eigenvalue weighted by Crippen LogP contribution is -2.13. The van der Waals surface area contributed by atoms with Crippen molar-refractivity contribution in [3.05, 3.63) is 78.1 Å². The summed E-state index contributed by atoms with van der Waals surface area (Å²) in [6.07, 6.45) is 1.81. The second-order valence-electron chi connectivity index (χ2n) is 4.41. The summed E-state index contributed by atoms with van der Waals surface area (Å²) in [4.78, 5) is 0. The van der Waals surface area contributed by atoms with Gasteiger partial charge in [-0.2, -0.15) is 0 Å². The Kier molecular flexibility index (Phi) is 5.33. The number of hydrogen-bond donors (Lipinski definition) is 1. The van der Waals surface area contributed by atoms with Gasteiger partial charge in [-0.05, 0) is 12.1 Å². The maximum atomic E-state index is 13.5. The monoisotopic (exact) mass is 271 g/mol. The number of nitrogens with one attached hydrogen (secondary N) is 1. The second-order valence-corrected chi connectivity index (χ2v) is 4.41. The molecule has 2 aromatic rings. The summed E-state index contributed by atoms with van der Waals surface area (Å²) < 4.78 is 19.3. The van der Waals surface area contributed by atoms with Crippen LogP contribution < -0.4 is 10.1 Å². The van der Waals surface area contributed by atoms with Crippen molar-refractivity contribution < 1.29 is 9.13 Å². The van der Waals surface area contributed by atoms with Crippen LogP contribution in [0.1, 0.15) is 11.1 Å². The topological polar surface area (TPSA) is 21.3 Å². The van der Waals surface area contributed by atoms with Crippen molar-refractivity contribution in [2.45, 2.75) is 13.2 Å². The maximum Gasteiger partial charge on any atom is 0.129 e. The van der Waals surface area contributed by atoms with Gasteiger partial charge in [0.15, 0.2) is 0 Å². The molecule has 0 radical (unpaired) electrons. The van der Waals surface area contributed by atoms with Crippen molar-refractivity contribution in [2.24, 2.45) is 0 Å². The van der Waals surface area contributed by atoms with Crippen molar-refractivity contribution in [3.63, 3.8) is 0 Å². The van der Waals surface area contributed by atoms with Gasteiger partial charge >= 0.3 is 0 Å². The van der Waals surface area contributed by atoms with Crippen LogP contribution in [0.5, 0.6) is 5.75 Å². The van der Waals surface area contributed by atoms with Crippen molar-refractivity contribution >= 4 is 0 Å². The van der Waals surface area contributed by atoms with Crippen LogP contribution >= 0.6 is 0 Å². The molecular formula is C17H18FNO. The van der Waals surface area contributed by atoms with E-state index in [4.69, 9.17) is 4.74 Å². The van der Waals surface area contributed by atoms with Crippen molar-refractivity contribution in [2.75, 3.05) is 6.54 Å². The van der Waals surface area contributed by atoms with Crippen molar-refractivity contribution in [1.82, 2.24) is 5.32 Å². The van der Waals surface area contributed by atoms with Crippen molar-refractivity contribution in [3.8, 4) is 5.75 Å². The first kappa shape index (κ1) is 14.3. The number of para-hydroxylation sites is 1. The number of rotatable bonds is 7. The quantitative estimate of drug-likeness (QED) is 0.612. The molecule has 2 nitrogen and oxygen atoms in total. The van der Waals surface area contributed by atoms with E-state index >= 15 is 0 Å². The highest BCUT2D eigenvalue weighted by Gasteiger charge is 2.05. The zero-order valence-electron chi connectivity index (χ0n) is 11.3. The first-order chi connectivity index (χ1) is 9.81. The molecule has 0 aromatic heterocycles. The first-order valence-corrected chi connectivity index (χ1v) is 6.57. The van der Waals surface area contributed by atoms with Gasteiger partial charge in [-0.25, -0.2) is 4.39 Å². The van der Waals surface area contributed by atoms with Gasteiger partial charge in [0.1, 0.15) is 18.2 Å². The third-order valence-electron chi connectivity index (χ3n) is 2.92. The summed E-state index contributed by atoms with van der Waals surface area (Å²) in [5.74, 6) is 0.530. The lowest BCUT2D eigenvalue weighted by molar-refractivity contribution is 0.296. The number of halogens is 1. The van der Waals surface area contributed by atoms with Crippen LogP contribution in [0.4, 0.5) is 4.39 Å². The number of hydrogen-bond acceptors (Lipinski definition) is 2. The molecule has 0 spiro atoms. The van der Waals surface area contributed by atoms with Gasteiger partial charge in [-0.3, -0.25) is 0 Å². The van der Waals surface area contributed by atoms with E-state index in [1.54, 1.807) is 18.2 Å². The Morgan fingerprint density at radius 3 is 2.50 bits per heavy atom. The Labute approximate surface area is 118 Å². The first-order valence-electron chi connectivity index (χ1n) is 6.57. The molecule has 1 N–H and O–H groups in total. The molecule has 2 rings (SSSR count). The van der Waals surface area contributed by atoms with E-state index in [1.807, 2.05) is 30.3 Å². The van der Waals surface area contributed by atoms with Gasteiger partial charge in [-0.1, -0.05) is 42.5 Å². The Balaban J connectivity index is 2.02. The van der Waals surface area contributed by atoms with Crippen LogP contribution in [0, 0.1) is 5.82 Å². The second kappa shape index (κ2) is 7.46. The third-order valence-corrected chi connectivity index (χ3v) is 2.92. The van der Waals surface area contributed by atoms with Crippen LogP contribution in [-0.2, 0) is 13.2 Å². The predicted molar refractivity (Wildman–Crippen MR) is 79.1 cm³/mol. The third kappa shape index (κ3) is 3.93. The van der Waals surface area contributed by atoms with Crippen LogP contribution in [-0.4, -0.2) is 6.54 Å². The Hall–Kier alpha value is -2.13. The normalized spacial score (nSPS) is 10.2. The fourth-order valence-electron chi connectivity index (χ4n) is 1.87. The summed E-state index contributed by atoms with van der Waals surface area (Å²) in [6.45, 7) is 5.32. The summed E-state index contributed by atoms with van der Waals surface area (Å²) in [5.41, 5.74) is 1.60. The number of ether oxygens (including phenoxy) is 1. The summed E-state index contributed by atoms with van der Waals surface area (Å²) in [5, 5.41) is 3.23. The molecular weight excluding hydrogens is 253 g/mol. The average Bonchev–Trinajstić information content (AvgIpc) is 2.48. The molecule has 0 heterocycles. The van der Waals surface area contributed by atoms with Crippen LogP contribution in [0.15, 0.2) is 61.2 Å². The number of benzene rings is 2. The van der Waals surface area contributed by atoms with Crippen molar-refractivity contribution in [1.29, 1.82) is 0 Å². The maximum absolute atomic E-state index is 13.5. The zero-order valence-corrected chi connectivity index (χ0v) is 11.3. The molecule has 20 heavy (non-hydrogen) atoms. The standard InChI is InChI=1S/C17H18FNO/c1-2-11-19-12-14-7-4-6-10-17(14)20-13-15-8-3-5-9-16(15)18/h2-10,19H,1,11-13H2. The Bertz CT molecular complexity index is 568. The molecule has 3 heteroatoms. The molecule has 0 atom stereocenters. The molecule has 0 amide bonds. The molecule has 104 valence electrons. The molecule has 0 unspecified atom stereocenters. The Morgan fingerprint density at radius 2 is 1.75 bits per heavy atom. The van der Waals surface area contributed by atoms with E-state index in [1.165, 1.54) is 6.07 Å². The molecule has 0 aliphatic rings. The largest absolute Gasteiger partial charge is 0.488 e. The van der Waals surface area contributed by atoms with E-state index < -0.39 is 0 Å². The van der Waals surface area contributed by atoms with Gasteiger partial charge in [0.25, 0.3) is 0 Å². The van der Waals surface area contributed by atoms with Gasteiger partial charge in [0, 0.05) is 24.2 Å². The van der Waals surface area contributed by atoms with Gasteiger partial charge in [0.05, 0.1) is 0 Å². The highest BCUT2D eigenvalue weighted by molar-refractivity contribution is 5.33. The molecule has 2 aromatic carbocycles. The molecule has 0 saturated heterocycles. The molecule has 0 fully saturated rings. The smallest absolute Gasteiger partial charge is 0.129 e. The van der Waals surface area contributed by atoms with E-state index in [0.717, 1.165) is 17.9 Å². The van der Waals surface area contributed by atoms with Gasteiger partial charge in [-0.15, -0.1) is 6.58 Å². The van der Waals surface area contributed by atoms with E-state index in [0.29, 0.717) is 12.1 Å². The van der Waals surface area contributed by atoms with E-state index in [2.05, 4.69) is 11.9 Å². The molecule has 0 aliphatic heterocycles. The minimum Gasteiger partial charge on any atom is -0.488 e. The van der Waals surface area contributed by atoms with E-state index in [9.17, 15) is 4.39 Å². The fraction of sp³-hybridized carbons (Fsp3) is 0.176. The Morgan fingerprint density at radius 1 is 1.05 bits per heavy atom. The minimum atomic E-state index is -0.241. The zero-order chi connectivity index (χ0) is 14.2. The predicted octanol–water partition coefficient (Wildman–Crippen LogP) is 3.68. The van der Waals surface area contributed by atoms with Crippen LogP contribution in [0.3, 0.4) is 0 Å². The SMILES string of the molecule is C=CCNCc1ccccc1OCc1ccccc1F. The average molecular weight is 271 g/mol. The van der Waals surface area contributed by atoms with Crippen LogP contribution in [0.2, 0.25) is 0 Å². The van der Waals surface area contributed by atoms with Gasteiger partial charge in [0.2, 0.25) is 0 Å². The summed E-state index contributed by atoms with van der Waals surface area (Å²) >= 11 is 0. The fourth-order valence-corrected chi connectivity index (χ4v) is 1.87. The molecule has 0 aliphatic carbocycles. The summed E-state index contributed by atoms with van der Waals surface area (Å²) in [7, 11) is 0. The molecule has 0 bridgehead atoms. The van der Waals surface area contributed by atoms with E-state index in [-0.39, 0.29) is 12.4 Å². The van der Waals surface area contributed by atoms with Crippen LogP contribution in [0.25, 0.3) is 0 Å². The lowest BCUT2D eigenvalue weighted by atomic mass is 10.2.